The Morgan fingerprint density at radius 3 is 1.62 bits per heavy atom. The molecule has 0 N–H and O–H groups in total. The smallest absolute Gasteiger partial charge is 0.337 e. The van der Waals surface area contributed by atoms with Crippen molar-refractivity contribution in [2.45, 2.75) is 150 Å². The van der Waals surface area contributed by atoms with Gasteiger partial charge in [-0.05, 0) is 71.1 Å². The van der Waals surface area contributed by atoms with E-state index in [4.69, 9.17) is 22.8 Å². The molecule has 0 spiro atoms. The van der Waals surface area contributed by atoms with Gasteiger partial charge in [-0.3, -0.25) is 0 Å². The molecule has 0 amide bonds. The van der Waals surface area contributed by atoms with Gasteiger partial charge in [0.2, 0.25) is 0 Å². The van der Waals surface area contributed by atoms with Crippen LogP contribution in [0.15, 0.2) is 72.3 Å². The zero-order chi connectivity index (χ0) is 39.5. The van der Waals surface area contributed by atoms with Gasteiger partial charge in [-0.2, -0.15) is 0 Å². The minimum absolute atomic E-state index is 0.0519. The maximum absolute atomic E-state index is 13.3. The number of ether oxygens (including phenoxy) is 2. The lowest BCUT2D eigenvalue weighted by molar-refractivity contribution is -0.162. The van der Waals surface area contributed by atoms with Crippen molar-refractivity contribution in [2.24, 2.45) is 11.8 Å². The van der Waals surface area contributed by atoms with Gasteiger partial charge in [0.25, 0.3) is 8.32 Å². The highest BCUT2D eigenvalue weighted by atomic mass is 28.4. The summed E-state index contributed by atoms with van der Waals surface area (Å²) < 4.78 is 33.3. The van der Waals surface area contributed by atoms with Crippen molar-refractivity contribution >= 4 is 41.3 Å². The number of carbonyl (C=O) groups excluding carboxylic acids is 1. The summed E-state index contributed by atoms with van der Waals surface area (Å²) in [4.78, 5) is 13.3. The van der Waals surface area contributed by atoms with E-state index in [1.807, 2.05) is 6.92 Å². The fourth-order valence-electron chi connectivity index (χ4n) is 7.19. The third-order valence-corrected chi connectivity index (χ3v) is 25.7. The third-order valence-electron chi connectivity index (χ3n) is 11.6. The highest BCUT2D eigenvalue weighted by Gasteiger charge is 2.51. The van der Waals surface area contributed by atoms with E-state index < -0.39 is 37.2 Å². The Bertz CT molecular complexity index is 1330. The summed E-state index contributed by atoms with van der Waals surface area (Å²) in [6.45, 7) is 34.2. The number of esters is 1. The van der Waals surface area contributed by atoms with Crippen molar-refractivity contribution in [1.82, 2.24) is 0 Å². The Labute approximate surface area is 321 Å². The summed E-state index contributed by atoms with van der Waals surface area (Å²) in [5, 5.41) is 2.36. The van der Waals surface area contributed by atoms with Crippen LogP contribution in [0.1, 0.15) is 90.0 Å². The summed E-state index contributed by atoms with van der Waals surface area (Å²) in [5.41, 5.74) is 1.14. The molecule has 2 aromatic carbocycles. The largest absolute Gasteiger partial charge is 0.464 e. The Kier molecular flexibility index (Phi) is 17.5. The van der Waals surface area contributed by atoms with Crippen LogP contribution in [-0.2, 0) is 27.5 Å². The van der Waals surface area contributed by atoms with Crippen molar-refractivity contribution in [3.05, 3.63) is 72.3 Å². The zero-order valence-electron chi connectivity index (χ0n) is 35.7. The molecule has 2 rings (SSSR count). The van der Waals surface area contributed by atoms with E-state index in [9.17, 15) is 4.79 Å². The molecule has 0 unspecified atom stereocenters. The summed E-state index contributed by atoms with van der Waals surface area (Å²) in [5.74, 6) is -0.481. The average Bonchev–Trinajstić information content (AvgIpc) is 3.09. The topological polar surface area (TPSA) is 63.2 Å². The molecule has 0 fully saturated rings. The zero-order valence-corrected chi connectivity index (χ0v) is 38.7. The van der Waals surface area contributed by atoms with Gasteiger partial charge in [-0.15, -0.1) is 0 Å². The first kappa shape index (κ1) is 46.3. The molecule has 0 radical (unpaired) electrons. The van der Waals surface area contributed by atoms with Crippen LogP contribution >= 0.6 is 0 Å². The molecule has 0 aliphatic heterocycles. The van der Waals surface area contributed by atoms with Gasteiger partial charge in [-0.25, -0.2) is 4.79 Å². The fraction of sp³-hybridized carbons (Fsp3) is 0.651. The molecule has 0 bridgehead atoms. The average molecular weight is 771 g/mol. The lowest BCUT2D eigenvalue weighted by Crippen LogP contribution is -2.67. The second kappa shape index (κ2) is 19.6. The van der Waals surface area contributed by atoms with Crippen molar-refractivity contribution in [3.8, 4) is 0 Å². The SMILES string of the molecule is CCOC(=O)[C@H](OC)[C@@H](O[Si](C)(C)C(C)(C)C)[C@H](C)/C=C(/C)[C@H](O[Si](CC)(CC)CC)[C@H](C)CO[Si](c1ccccc1)(c1ccccc1)C(C)(C)C. The normalized spacial score (nSPS) is 16.6. The summed E-state index contributed by atoms with van der Waals surface area (Å²) in [6.07, 6.45) is 0.741. The van der Waals surface area contributed by atoms with Crippen LogP contribution in [0.5, 0.6) is 0 Å². The van der Waals surface area contributed by atoms with Crippen LogP contribution in [0.2, 0.25) is 41.3 Å². The van der Waals surface area contributed by atoms with Gasteiger partial charge in [0.05, 0.1) is 18.8 Å². The number of hydrogen-bond acceptors (Lipinski definition) is 6. The van der Waals surface area contributed by atoms with E-state index in [0.29, 0.717) is 6.61 Å². The molecule has 0 aromatic heterocycles. The number of methoxy groups -OCH3 is 1. The first-order valence-corrected chi connectivity index (χ1v) is 27.0. The van der Waals surface area contributed by atoms with Crippen LogP contribution in [-0.4, -0.2) is 69.6 Å². The van der Waals surface area contributed by atoms with Gasteiger partial charge in [0.15, 0.2) is 22.7 Å². The number of hydrogen-bond donors (Lipinski definition) is 0. The summed E-state index contributed by atoms with van der Waals surface area (Å²) in [6, 6.07) is 24.8. The lowest BCUT2D eigenvalue weighted by atomic mass is 9.92. The second-order valence-corrected chi connectivity index (χ2v) is 31.0. The van der Waals surface area contributed by atoms with E-state index in [1.165, 1.54) is 10.4 Å². The Morgan fingerprint density at radius 2 is 1.23 bits per heavy atom. The van der Waals surface area contributed by atoms with Crippen molar-refractivity contribution < 1.29 is 27.5 Å². The Hall–Kier alpha value is -1.86. The molecule has 6 nitrogen and oxygen atoms in total. The molecule has 52 heavy (non-hydrogen) atoms. The molecule has 0 aliphatic carbocycles. The van der Waals surface area contributed by atoms with Gasteiger partial charge in [-0.1, -0.05) is 143 Å². The van der Waals surface area contributed by atoms with E-state index >= 15 is 0 Å². The quantitative estimate of drug-likeness (QED) is 0.0759. The fourth-order valence-corrected chi connectivity index (χ4v) is 16.2. The van der Waals surface area contributed by atoms with Gasteiger partial charge in [0.1, 0.15) is 0 Å². The molecule has 294 valence electrons. The highest BCUT2D eigenvalue weighted by Crippen LogP contribution is 2.40. The first-order chi connectivity index (χ1) is 24.2. The van der Waals surface area contributed by atoms with Crippen LogP contribution in [0.3, 0.4) is 0 Å². The number of benzene rings is 2. The lowest BCUT2D eigenvalue weighted by Gasteiger charge is -2.44. The first-order valence-electron chi connectivity index (χ1n) is 19.7. The molecule has 5 atom stereocenters. The second-order valence-electron chi connectivity index (χ2n) is 17.3. The van der Waals surface area contributed by atoms with Gasteiger partial charge < -0.3 is 22.8 Å². The molecule has 9 heteroatoms. The maximum atomic E-state index is 13.3. The predicted octanol–water partition coefficient (Wildman–Crippen LogP) is 10.1. The van der Waals surface area contributed by atoms with E-state index in [-0.39, 0.29) is 40.6 Å². The molecular weight excluding hydrogens is 697 g/mol. The Morgan fingerprint density at radius 1 is 0.750 bits per heavy atom. The van der Waals surface area contributed by atoms with Crippen LogP contribution in [0.25, 0.3) is 0 Å². The van der Waals surface area contributed by atoms with Gasteiger partial charge in [0, 0.05) is 25.6 Å². The van der Waals surface area contributed by atoms with Crippen molar-refractivity contribution in [3.63, 3.8) is 0 Å². The molecule has 0 aliphatic rings. The van der Waals surface area contributed by atoms with Crippen LogP contribution < -0.4 is 10.4 Å². The number of rotatable bonds is 20. The molecule has 0 saturated heterocycles. The molecular formula is C43H74O6Si3. The van der Waals surface area contributed by atoms with Crippen molar-refractivity contribution in [2.75, 3.05) is 20.3 Å². The Balaban J connectivity index is 2.71. The minimum Gasteiger partial charge on any atom is -0.464 e. The maximum Gasteiger partial charge on any atom is 0.337 e. The van der Waals surface area contributed by atoms with E-state index in [1.54, 1.807) is 7.11 Å². The third kappa shape index (κ3) is 11.1. The standard InChI is InChI=1S/C43H74O6Si3/c1-17-46-41(44)40(45-14)39(48-50(15,16)42(8,9)10)34(6)31-33(5)38(49-51(18-2,19-3)20-4)35(7)32-47-52(43(11,12)13,36-27-23-21-24-28-36)37-29-25-22-26-30-37/h21-31,34-35,38-40H,17-20,32H2,1-16H3/b33-31-/t34-,35-,38+,39+,40-/m1/s1. The van der Waals surface area contributed by atoms with Crippen LogP contribution in [0, 0.1) is 11.8 Å². The minimum atomic E-state index is -2.76. The predicted molar refractivity (Wildman–Crippen MR) is 227 cm³/mol. The van der Waals surface area contributed by atoms with Gasteiger partial charge >= 0.3 is 5.97 Å². The molecule has 0 saturated carbocycles. The van der Waals surface area contributed by atoms with E-state index in [0.717, 1.165) is 23.7 Å². The van der Waals surface area contributed by atoms with Crippen LogP contribution in [0.4, 0.5) is 0 Å². The van der Waals surface area contributed by atoms with E-state index in [2.05, 4.69) is 163 Å². The monoisotopic (exact) mass is 770 g/mol. The molecule has 2 aromatic rings. The summed E-state index contributed by atoms with van der Waals surface area (Å²) in [7, 11) is -5.54. The number of carbonyl (C=O) groups is 1. The highest BCUT2D eigenvalue weighted by molar-refractivity contribution is 6.99. The summed E-state index contributed by atoms with van der Waals surface area (Å²) >= 11 is 0. The van der Waals surface area contributed by atoms with Crippen molar-refractivity contribution in [1.29, 1.82) is 0 Å². The molecule has 0 heterocycles.